The number of carbonyl (C=O) groups is 1. The second kappa shape index (κ2) is 4.66. The molecule has 0 radical (unpaired) electrons. The number of aromatic nitrogens is 5. The van der Waals surface area contributed by atoms with Crippen LogP contribution in [0.15, 0.2) is 24.5 Å². The molecule has 112 valence electrons. The van der Waals surface area contributed by atoms with Crippen molar-refractivity contribution < 1.29 is 9.90 Å². The van der Waals surface area contributed by atoms with Crippen LogP contribution in [0.4, 0.5) is 0 Å². The third-order valence-electron chi connectivity index (χ3n) is 3.90. The number of rotatable bonds is 4. The first-order valence-electron chi connectivity index (χ1n) is 7.20. The molecule has 0 unspecified atom stereocenters. The molecule has 1 aliphatic rings. The third kappa shape index (κ3) is 2.05. The van der Waals surface area contributed by atoms with Gasteiger partial charge in [0.25, 0.3) is 0 Å². The Labute approximate surface area is 126 Å². The van der Waals surface area contributed by atoms with Crippen molar-refractivity contribution in [3.8, 4) is 11.3 Å². The van der Waals surface area contributed by atoms with Crippen molar-refractivity contribution in [2.24, 2.45) is 7.05 Å². The van der Waals surface area contributed by atoms with Crippen LogP contribution in [0.2, 0.25) is 0 Å². The van der Waals surface area contributed by atoms with Crippen LogP contribution in [-0.4, -0.2) is 35.6 Å². The zero-order valence-electron chi connectivity index (χ0n) is 12.1. The Morgan fingerprint density at radius 3 is 2.82 bits per heavy atom. The molecule has 3 aromatic heterocycles. The molecular formula is C15H15N5O2. The van der Waals surface area contributed by atoms with E-state index in [2.05, 4.69) is 15.2 Å². The summed E-state index contributed by atoms with van der Waals surface area (Å²) in [7, 11) is 1.87. The minimum absolute atomic E-state index is 0.179. The molecule has 0 aliphatic heterocycles. The summed E-state index contributed by atoms with van der Waals surface area (Å²) in [6, 6.07) is 3.86. The number of hydrogen-bond donors (Lipinski definition) is 1. The summed E-state index contributed by atoms with van der Waals surface area (Å²) >= 11 is 0. The van der Waals surface area contributed by atoms with Crippen LogP contribution in [0.3, 0.4) is 0 Å². The lowest BCUT2D eigenvalue weighted by molar-refractivity contribution is -0.137. The van der Waals surface area contributed by atoms with Gasteiger partial charge in [0.05, 0.1) is 16.8 Å². The maximum absolute atomic E-state index is 11.1. The number of fused-ring (bicyclic) bond motifs is 1. The fourth-order valence-electron chi connectivity index (χ4n) is 2.78. The largest absolute Gasteiger partial charge is 0.480 e. The highest BCUT2D eigenvalue weighted by Gasteiger charge is 2.31. The molecule has 1 fully saturated rings. The molecule has 0 spiro atoms. The van der Waals surface area contributed by atoms with Gasteiger partial charge >= 0.3 is 5.97 Å². The summed E-state index contributed by atoms with van der Waals surface area (Å²) in [6.45, 7) is -0.179. The molecule has 1 N–H and O–H groups in total. The summed E-state index contributed by atoms with van der Waals surface area (Å²) < 4.78 is 3.23. The Hall–Kier alpha value is -2.70. The third-order valence-corrected chi connectivity index (χ3v) is 3.90. The molecule has 0 aromatic carbocycles. The van der Waals surface area contributed by atoms with Gasteiger partial charge < -0.3 is 5.11 Å². The first-order chi connectivity index (χ1) is 10.6. The second-order valence-corrected chi connectivity index (χ2v) is 5.64. The van der Waals surface area contributed by atoms with Gasteiger partial charge in [-0.05, 0) is 25.0 Å². The molecule has 1 aliphatic carbocycles. The van der Waals surface area contributed by atoms with Gasteiger partial charge in [-0.25, -0.2) is 9.67 Å². The van der Waals surface area contributed by atoms with Crippen LogP contribution in [-0.2, 0) is 18.4 Å². The second-order valence-electron chi connectivity index (χ2n) is 5.64. The fourth-order valence-corrected chi connectivity index (χ4v) is 2.78. The quantitative estimate of drug-likeness (QED) is 0.793. The van der Waals surface area contributed by atoms with Crippen LogP contribution in [0.5, 0.6) is 0 Å². The van der Waals surface area contributed by atoms with Gasteiger partial charge in [-0.1, -0.05) is 0 Å². The highest BCUT2D eigenvalue weighted by Crippen LogP contribution is 2.44. The van der Waals surface area contributed by atoms with E-state index in [1.54, 1.807) is 10.9 Å². The van der Waals surface area contributed by atoms with Gasteiger partial charge in [0.2, 0.25) is 0 Å². The topological polar surface area (TPSA) is 85.8 Å². The van der Waals surface area contributed by atoms with Crippen LogP contribution in [0.25, 0.3) is 22.3 Å². The SMILES string of the molecule is Cn1ccc(-c2ccnc3c2c(C2CC2)nn3CC(=O)O)n1. The van der Waals surface area contributed by atoms with Gasteiger partial charge in [-0.3, -0.25) is 9.48 Å². The molecule has 3 aromatic rings. The molecule has 22 heavy (non-hydrogen) atoms. The lowest BCUT2D eigenvalue weighted by Crippen LogP contribution is -2.10. The number of nitrogens with zero attached hydrogens (tertiary/aromatic N) is 5. The summed E-state index contributed by atoms with van der Waals surface area (Å²) in [6.07, 6.45) is 5.76. The van der Waals surface area contributed by atoms with Crippen LogP contribution < -0.4 is 0 Å². The maximum Gasteiger partial charge on any atom is 0.325 e. The maximum atomic E-state index is 11.1. The minimum Gasteiger partial charge on any atom is -0.480 e. The summed E-state index contributed by atoms with van der Waals surface area (Å²) in [5.41, 5.74) is 3.38. The van der Waals surface area contributed by atoms with Crippen LogP contribution >= 0.6 is 0 Å². The van der Waals surface area contributed by atoms with Crippen molar-refractivity contribution in [2.45, 2.75) is 25.3 Å². The molecule has 1 saturated carbocycles. The van der Waals surface area contributed by atoms with Crippen molar-refractivity contribution in [2.75, 3.05) is 0 Å². The van der Waals surface area contributed by atoms with Crippen molar-refractivity contribution in [1.29, 1.82) is 0 Å². The number of pyridine rings is 1. The summed E-state index contributed by atoms with van der Waals surface area (Å²) in [4.78, 5) is 15.4. The van der Waals surface area contributed by atoms with Gasteiger partial charge in [0, 0.05) is 30.9 Å². The Morgan fingerprint density at radius 2 is 2.18 bits per heavy atom. The first kappa shape index (κ1) is 13.0. The van der Waals surface area contributed by atoms with Crippen LogP contribution in [0, 0.1) is 0 Å². The monoisotopic (exact) mass is 297 g/mol. The first-order valence-corrected chi connectivity index (χ1v) is 7.20. The van der Waals surface area contributed by atoms with Gasteiger partial charge in [-0.2, -0.15) is 10.2 Å². The molecule has 0 amide bonds. The Balaban J connectivity index is 1.97. The van der Waals surface area contributed by atoms with Crippen molar-refractivity contribution >= 4 is 17.0 Å². The average molecular weight is 297 g/mol. The van der Waals surface area contributed by atoms with E-state index < -0.39 is 5.97 Å². The van der Waals surface area contributed by atoms with E-state index in [1.807, 2.05) is 25.4 Å². The highest BCUT2D eigenvalue weighted by molar-refractivity contribution is 5.94. The Bertz CT molecular complexity index is 875. The number of aliphatic carboxylic acids is 1. The molecular weight excluding hydrogens is 282 g/mol. The van der Waals surface area contributed by atoms with Gasteiger partial charge in [0.15, 0.2) is 5.65 Å². The van der Waals surface area contributed by atoms with E-state index in [0.717, 1.165) is 35.2 Å². The zero-order valence-corrected chi connectivity index (χ0v) is 12.1. The van der Waals surface area contributed by atoms with E-state index in [-0.39, 0.29) is 6.54 Å². The number of hydrogen-bond acceptors (Lipinski definition) is 4. The smallest absolute Gasteiger partial charge is 0.325 e. The van der Waals surface area contributed by atoms with Crippen molar-refractivity contribution in [1.82, 2.24) is 24.5 Å². The Kier molecular flexibility index (Phi) is 2.75. The molecule has 7 heteroatoms. The minimum atomic E-state index is -0.920. The molecule has 0 bridgehead atoms. The average Bonchev–Trinajstić information content (AvgIpc) is 3.14. The number of carboxylic acids is 1. The van der Waals surface area contributed by atoms with Crippen LogP contribution in [0.1, 0.15) is 24.5 Å². The fraction of sp³-hybridized carbons (Fsp3) is 0.333. The molecule has 7 nitrogen and oxygen atoms in total. The highest BCUT2D eigenvalue weighted by atomic mass is 16.4. The summed E-state index contributed by atoms with van der Waals surface area (Å²) in [5.74, 6) is -0.513. The number of aryl methyl sites for hydroxylation is 1. The van der Waals surface area contributed by atoms with E-state index in [9.17, 15) is 4.79 Å². The molecule has 0 saturated heterocycles. The number of carboxylic acid groups (broad SMARTS) is 1. The summed E-state index contributed by atoms with van der Waals surface area (Å²) in [5, 5.41) is 19.0. The lowest BCUT2D eigenvalue weighted by Gasteiger charge is -2.02. The molecule has 0 atom stereocenters. The Morgan fingerprint density at radius 1 is 1.36 bits per heavy atom. The predicted molar refractivity (Wildman–Crippen MR) is 79.3 cm³/mol. The lowest BCUT2D eigenvalue weighted by atomic mass is 10.1. The van der Waals surface area contributed by atoms with Crippen molar-refractivity contribution in [3.05, 3.63) is 30.2 Å². The van der Waals surface area contributed by atoms with Gasteiger partial charge in [0.1, 0.15) is 6.54 Å². The van der Waals surface area contributed by atoms with E-state index >= 15 is 0 Å². The van der Waals surface area contributed by atoms with E-state index in [4.69, 9.17) is 5.11 Å². The normalized spacial score (nSPS) is 14.6. The van der Waals surface area contributed by atoms with Crippen molar-refractivity contribution in [3.63, 3.8) is 0 Å². The molecule has 4 rings (SSSR count). The zero-order chi connectivity index (χ0) is 15.3. The van der Waals surface area contributed by atoms with E-state index in [0.29, 0.717) is 11.6 Å². The molecule has 3 heterocycles. The van der Waals surface area contributed by atoms with E-state index in [1.165, 1.54) is 4.68 Å². The standard InChI is InChI=1S/C15H15N5O2/c1-19-7-5-11(17-19)10-4-6-16-15-13(10)14(9-2-3-9)18-20(15)8-12(21)22/h4-7,9H,2-3,8H2,1H3,(H,21,22). The predicted octanol–water partition coefficient (Wildman–Crippen LogP) is 1.79. The van der Waals surface area contributed by atoms with Gasteiger partial charge in [-0.15, -0.1) is 0 Å².